The zero-order valence-corrected chi connectivity index (χ0v) is 5.16. The van der Waals surface area contributed by atoms with Crippen molar-refractivity contribution in [2.45, 2.75) is 19.9 Å². The van der Waals surface area contributed by atoms with Crippen LogP contribution in [-0.4, -0.2) is 14.8 Å². The smallest absolute Gasteiger partial charge is 0.346 e. The molecule has 0 saturated heterocycles. The first-order chi connectivity index (χ1) is 4.40. The molecule has 4 nitrogen and oxygen atoms in total. The van der Waals surface area contributed by atoms with E-state index in [0.29, 0.717) is 12.0 Å². The molecule has 2 aliphatic rings. The van der Waals surface area contributed by atoms with E-state index in [1.54, 1.807) is 4.68 Å². The van der Waals surface area contributed by atoms with Crippen molar-refractivity contribution in [3.8, 4) is 12.0 Å². The van der Waals surface area contributed by atoms with Crippen LogP contribution in [0.5, 0.6) is 12.0 Å². The molecule has 0 aromatic carbocycles. The van der Waals surface area contributed by atoms with E-state index in [2.05, 4.69) is 17.0 Å². The third-order valence-electron chi connectivity index (χ3n) is 1.24. The second-order valence-electron chi connectivity index (χ2n) is 2.00. The molecule has 0 radical (unpaired) electrons. The summed E-state index contributed by atoms with van der Waals surface area (Å²) in [5, 5.41) is 3.98. The van der Waals surface area contributed by atoms with E-state index in [0.717, 1.165) is 13.0 Å². The molecule has 2 aliphatic heterocycles. The van der Waals surface area contributed by atoms with Crippen LogP contribution < -0.4 is 4.74 Å². The maximum atomic E-state index is 4.94. The molecule has 0 amide bonds. The Hall–Kier alpha value is -1.06. The van der Waals surface area contributed by atoms with Crippen molar-refractivity contribution < 1.29 is 4.74 Å². The average Bonchev–Trinajstić information content (AvgIpc) is 2.20. The predicted octanol–water partition coefficient (Wildman–Crippen LogP) is 0.794. The minimum atomic E-state index is 0.512. The highest BCUT2D eigenvalue weighted by Gasteiger charge is 2.22. The van der Waals surface area contributed by atoms with E-state index >= 15 is 0 Å². The van der Waals surface area contributed by atoms with Crippen LogP contribution in [0.2, 0.25) is 0 Å². The van der Waals surface area contributed by atoms with Crippen LogP contribution in [0.25, 0.3) is 0 Å². The lowest BCUT2D eigenvalue weighted by molar-refractivity contribution is 0.366. The van der Waals surface area contributed by atoms with E-state index in [9.17, 15) is 0 Å². The Balaban J connectivity index is 2.24. The van der Waals surface area contributed by atoms with Gasteiger partial charge < -0.3 is 4.74 Å². The Labute approximate surface area is 52.5 Å². The summed E-state index contributed by atoms with van der Waals surface area (Å²) in [6.45, 7) is 3.00. The van der Waals surface area contributed by atoms with Gasteiger partial charge in [0, 0.05) is 6.54 Å². The lowest BCUT2D eigenvalue weighted by Crippen LogP contribution is -1.99. The molecule has 0 aliphatic carbocycles. The van der Waals surface area contributed by atoms with Crippen molar-refractivity contribution in [3.63, 3.8) is 0 Å². The van der Waals surface area contributed by atoms with Crippen LogP contribution in [-0.2, 0) is 6.54 Å². The molecule has 1 aromatic heterocycles. The van der Waals surface area contributed by atoms with Crippen molar-refractivity contribution >= 4 is 0 Å². The molecule has 0 fully saturated rings. The van der Waals surface area contributed by atoms with Gasteiger partial charge in [0.25, 0.3) is 0 Å². The molecule has 0 atom stereocenters. The van der Waals surface area contributed by atoms with E-state index in [-0.39, 0.29) is 0 Å². The number of fused-ring (bicyclic) bond motifs is 1. The fourth-order valence-corrected chi connectivity index (χ4v) is 0.827. The molecule has 0 unspecified atom stereocenters. The predicted molar refractivity (Wildman–Crippen MR) is 30.4 cm³/mol. The van der Waals surface area contributed by atoms with Crippen molar-refractivity contribution in [2.75, 3.05) is 0 Å². The van der Waals surface area contributed by atoms with Crippen LogP contribution in [0, 0.1) is 0 Å². The lowest BCUT2D eigenvalue weighted by atomic mass is 10.5. The molecule has 1 aromatic rings. The molecule has 3 rings (SSSR count). The Morgan fingerprint density at radius 3 is 2.89 bits per heavy atom. The summed E-state index contributed by atoms with van der Waals surface area (Å²) in [5.41, 5.74) is 0. The fraction of sp³-hybridized carbons (Fsp3) is 0.600. The van der Waals surface area contributed by atoms with Gasteiger partial charge >= 0.3 is 12.0 Å². The summed E-state index contributed by atoms with van der Waals surface area (Å²) in [6, 6.07) is 1.17. The Bertz CT molecular complexity index is 230. The van der Waals surface area contributed by atoms with Gasteiger partial charge in [-0.15, -0.1) is 10.1 Å². The Morgan fingerprint density at radius 2 is 2.44 bits per heavy atom. The molecule has 0 spiro atoms. The Kier molecular flexibility index (Phi) is 0.777. The van der Waals surface area contributed by atoms with Gasteiger partial charge in [-0.1, -0.05) is 6.92 Å². The minimum absolute atomic E-state index is 0.512. The van der Waals surface area contributed by atoms with Crippen LogP contribution in [0.1, 0.15) is 13.3 Å². The number of aryl methyl sites for hydroxylation is 1. The van der Waals surface area contributed by atoms with Crippen molar-refractivity contribution in [2.24, 2.45) is 0 Å². The molecular formula is C5H7N3O. The first-order valence-electron chi connectivity index (χ1n) is 3.03. The first-order valence-corrected chi connectivity index (χ1v) is 3.03. The van der Waals surface area contributed by atoms with E-state index in [1.165, 1.54) is 0 Å². The first kappa shape index (κ1) is 4.78. The van der Waals surface area contributed by atoms with Crippen molar-refractivity contribution in [3.05, 3.63) is 0 Å². The van der Waals surface area contributed by atoms with Crippen molar-refractivity contribution in [1.29, 1.82) is 0 Å². The maximum Gasteiger partial charge on any atom is 0.346 e. The van der Waals surface area contributed by atoms with Gasteiger partial charge in [0.15, 0.2) is 0 Å². The normalized spacial score (nSPS) is 12.6. The lowest BCUT2D eigenvalue weighted by Gasteiger charge is -2.00. The van der Waals surface area contributed by atoms with Gasteiger partial charge in [-0.3, -0.25) is 0 Å². The van der Waals surface area contributed by atoms with E-state index < -0.39 is 0 Å². The molecule has 4 heteroatoms. The summed E-state index contributed by atoms with van der Waals surface area (Å²) in [4.78, 5) is 3.90. The van der Waals surface area contributed by atoms with E-state index in [1.807, 2.05) is 0 Å². The highest BCUT2D eigenvalue weighted by Crippen LogP contribution is 2.27. The number of ether oxygens (including phenoxy) is 1. The summed E-state index contributed by atoms with van der Waals surface area (Å²) in [7, 11) is 0. The summed E-state index contributed by atoms with van der Waals surface area (Å²) >= 11 is 0. The largest absolute Gasteiger partial charge is 0.387 e. The SMILES string of the molecule is CCCn1nc2nc1O2. The summed E-state index contributed by atoms with van der Waals surface area (Å²) in [6.07, 6.45) is 1.07. The average molecular weight is 125 g/mol. The van der Waals surface area contributed by atoms with Crippen molar-refractivity contribution in [1.82, 2.24) is 14.8 Å². The highest BCUT2D eigenvalue weighted by atomic mass is 16.6. The molecule has 0 saturated carbocycles. The van der Waals surface area contributed by atoms with Gasteiger partial charge in [-0.25, -0.2) is 4.68 Å². The molecule has 2 bridgehead atoms. The van der Waals surface area contributed by atoms with Crippen LogP contribution in [0.3, 0.4) is 0 Å². The second kappa shape index (κ2) is 1.46. The molecule has 3 heterocycles. The number of hydrogen-bond acceptors (Lipinski definition) is 3. The standard InChI is InChI=1S/C5H7N3O/c1-2-3-8-5-6-4(7-8)9-5/h2-3H2,1H3. The second-order valence-corrected chi connectivity index (χ2v) is 2.00. The zero-order chi connectivity index (χ0) is 6.27. The summed E-state index contributed by atoms with van der Waals surface area (Å²) < 4.78 is 6.71. The van der Waals surface area contributed by atoms with Gasteiger partial charge in [0.1, 0.15) is 0 Å². The Morgan fingerprint density at radius 1 is 1.67 bits per heavy atom. The van der Waals surface area contributed by atoms with E-state index in [4.69, 9.17) is 4.74 Å². The zero-order valence-electron chi connectivity index (χ0n) is 5.16. The van der Waals surface area contributed by atoms with Gasteiger partial charge in [-0.05, 0) is 6.42 Å². The van der Waals surface area contributed by atoms with Gasteiger partial charge in [0.2, 0.25) is 0 Å². The van der Waals surface area contributed by atoms with Crippen LogP contribution >= 0.6 is 0 Å². The summed E-state index contributed by atoms with van der Waals surface area (Å²) in [5.74, 6) is 0. The number of aromatic nitrogens is 3. The molecule has 0 N–H and O–H groups in total. The molecule has 9 heavy (non-hydrogen) atoms. The quantitative estimate of drug-likeness (QED) is 0.595. The highest BCUT2D eigenvalue weighted by molar-refractivity contribution is 5.16. The third kappa shape index (κ3) is 0.526. The number of nitrogens with zero attached hydrogens (tertiary/aromatic N) is 3. The number of hydrogen-bond donors (Lipinski definition) is 0. The molecule has 48 valence electrons. The third-order valence-corrected chi connectivity index (χ3v) is 1.24. The monoisotopic (exact) mass is 125 g/mol. The molecular weight excluding hydrogens is 118 g/mol. The topological polar surface area (TPSA) is 39.9 Å². The maximum absolute atomic E-state index is 4.94. The van der Waals surface area contributed by atoms with Gasteiger partial charge in [0.05, 0.1) is 0 Å². The minimum Gasteiger partial charge on any atom is -0.387 e. The fourth-order valence-electron chi connectivity index (χ4n) is 0.827. The number of rotatable bonds is 2. The van der Waals surface area contributed by atoms with Gasteiger partial charge in [-0.2, -0.15) is 0 Å². The van der Waals surface area contributed by atoms with Crippen LogP contribution in [0.15, 0.2) is 0 Å². The van der Waals surface area contributed by atoms with Crippen LogP contribution in [0.4, 0.5) is 0 Å².